The summed E-state index contributed by atoms with van der Waals surface area (Å²) in [4.78, 5) is 16.0. The molecule has 0 aliphatic carbocycles. The fourth-order valence-corrected chi connectivity index (χ4v) is 2.93. The third-order valence-electron chi connectivity index (χ3n) is 2.86. The monoisotopic (exact) mass is 282 g/mol. The van der Waals surface area contributed by atoms with Crippen LogP contribution in [-0.2, 0) is 9.47 Å². The zero-order valence-corrected chi connectivity index (χ0v) is 11.7. The van der Waals surface area contributed by atoms with Crippen molar-refractivity contribution in [2.45, 2.75) is 30.0 Å². The molecule has 0 radical (unpaired) electrons. The number of nitrogens with two attached hydrogens (primary N) is 1. The van der Waals surface area contributed by atoms with Crippen molar-refractivity contribution >= 4 is 23.4 Å². The molecule has 2 heterocycles. The second-order valence-electron chi connectivity index (χ2n) is 4.26. The lowest BCUT2D eigenvalue weighted by Crippen LogP contribution is -2.17. The highest BCUT2D eigenvalue weighted by Crippen LogP contribution is 2.29. The van der Waals surface area contributed by atoms with Crippen LogP contribution in [0.15, 0.2) is 17.3 Å². The van der Waals surface area contributed by atoms with Crippen LogP contribution in [0.1, 0.15) is 30.1 Å². The van der Waals surface area contributed by atoms with Gasteiger partial charge in [0.1, 0.15) is 0 Å². The third-order valence-corrected chi connectivity index (χ3v) is 4.13. The molecule has 0 unspecified atom stereocenters. The second kappa shape index (κ2) is 6.77. The van der Waals surface area contributed by atoms with Crippen LogP contribution in [-0.4, -0.2) is 36.0 Å². The number of nitrogen functional groups attached to an aromatic ring is 1. The third kappa shape index (κ3) is 3.84. The summed E-state index contributed by atoms with van der Waals surface area (Å²) in [7, 11) is 0. The average Bonchev–Trinajstić information content (AvgIpc) is 2.42. The molecule has 1 saturated heterocycles. The maximum absolute atomic E-state index is 11.8. The van der Waals surface area contributed by atoms with Gasteiger partial charge in [0, 0.05) is 18.5 Å². The Balaban J connectivity index is 2.08. The molecule has 1 aliphatic heterocycles. The second-order valence-corrected chi connectivity index (χ2v) is 5.58. The summed E-state index contributed by atoms with van der Waals surface area (Å²) in [6, 6.07) is 1.72. The Morgan fingerprint density at radius 3 is 3.00 bits per heavy atom. The predicted octanol–water partition coefficient (Wildman–Crippen LogP) is 2.11. The summed E-state index contributed by atoms with van der Waals surface area (Å²) in [5.74, 6) is -0.392. The number of aromatic nitrogens is 1. The molecule has 104 valence electrons. The molecule has 1 aromatic heterocycles. The summed E-state index contributed by atoms with van der Waals surface area (Å²) in [6.45, 7) is 3.69. The van der Waals surface area contributed by atoms with Gasteiger partial charge in [-0.1, -0.05) is 0 Å². The molecule has 0 aromatic carbocycles. The minimum Gasteiger partial charge on any atom is -0.462 e. The standard InChI is InChI=1S/C13H18N2O3S/c1-2-18-13(16)10-7-12(15-8-11(10)14)19-9-3-5-17-6-4-9/h7-9H,2-6,14H2,1H3. The minimum absolute atomic E-state index is 0.336. The van der Waals surface area contributed by atoms with Crippen molar-refractivity contribution < 1.29 is 14.3 Å². The van der Waals surface area contributed by atoms with Gasteiger partial charge in [0.15, 0.2) is 0 Å². The summed E-state index contributed by atoms with van der Waals surface area (Å²) in [5, 5.41) is 1.30. The molecule has 0 bridgehead atoms. The number of carbonyl (C=O) groups is 1. The largest absolute Gasteiger partial charge is 0.462 e. The van der Waals surface area contributed by atoms with E-state index in [0.717, 1.165) is 31.1 Å². The van der Waals surface area contributed by atoms with Gasteiger partial charge in [-0.05, 0) is 25.8 Å². The normalized spacial score (nSPS) is 16.3. The Hall–Kier alpha value is -1.27. The maximum Gasteiger partial charge on any atom is 0.340 e. The van der Waals surface area contributed by atoms with Crippen LogP contribution in [0.5, 0.6) is 0 Å². The van der Waals surface area contributed by atoms with Crippen LogP contribution in [0.4, 0.5) is 5.69 Å². The first-order valence-electron chi connectivity index (χ1n) is 6.37. The van der Waals surface area contributed by atoms with Gasteiger partial charge in [0.2, 0.25) is 0 Å². The van der Waals surface area contributed by atoms with Crippen molar-refractivity contribution in [3.63, 3.8) is 0 Å². The first-order chi connectivity index (χ1) is 9.20. The van der Waals surface area contributed by atoms with Crippen molar-refractivity contribution in [3.05, 3.63) is 17.8 Å². The molecule has 1 aromatic rings. The summed E-state index contributed by atoms with van der Waals surface area (Å²) >= 11 is 1.67. The van der Waals surface area contributed by atoms with E-state index in [0.29, 0.717) is 23.1 Å². The van der Waals surface area contributed by atoms with Crippen LogP contribution in [0.3, 0.4) is 0 Å². The molecule has 2 N–H and O–H groups in total. The van der Waals surface area contributed by atoms with E-state index in [1.54, 1.807) is 24.8 Å². The quantitative estimate of drug-likeness (QED) is 0.853. The van der Waals surface area contributed by atoms with Gasteiger partial charge in [0.25, 0.3) is 0 Å². The van der Waals surface area contributed by atoms with Gasteiger partial charge in [-0.15, -0.1) is 11.8 Å². The average molecular weight is 282 g/mol. The molecule has 0 saturated carbocycles. The Kier molecular flexibility index (Phi) is 5.04. The van der Waals surface area contributed by atoms with Crippen LogP contribution < -0.4 is 5.73 Å². The van der Waals surface area contributed by atoms with E-state index < -0.39 is 5.97 Å². The van der Waals surface area contributed by atoms with E-state index in [1.165, 1.54) is 6.20 Å². The molecule has 1 aliphatic rings. The molecular formula is C13H18N2O3S. The molecule has 0 spiro atoms. The van der Waals surface area contributed by atoms with E-state index in [9.17, 15) is 4.79 Å². The van der Waals surface area contributed by atoms with Crippen molar-refractivity contribution in [3.8, 4) is 0 Å². The maximum atomic E-state index is 11.8. The summed E-state index contributed by atoms with van der Waals surface area (Å²) < 4.78 is 10.3. The van der Waals surface area contributed by atoms with Gasteiger partial charge < -0.3 is 15.2 Å². The van der Waals surface area contributed by atoms with Crippen molar-refractivity contribution in [2.24, 2.45) is 0 Å². The number of thioether (sulfide) groups is 1. The lowest BCUT2D eigenvalue weighted by molar-refractivity contribution is 0.0527. The Bertz CT molecular complexity index is 448. The molecule has 5 nitrogen and oxygen atoms in total. The van der Waals surface area contributed by atoms with Crippen molar-refractivity contribution in [2.75, 3.05) is 25.6 Å². The lowest BCUT2D eigenvalue weighted by Gasteiger charge is -2.21. The van der Waals surface area contributed by atoms with Gasteiger partial charge >= 0.3 is 5.97 Å². The highest BCUT2D eigenvalue weighted by Gasteiger charge is 2.18. The minimum atomic E-state index is -0.392. The van der Waals surface area contributed by atoms with E-state index >= 15 is 0 Å². The lowest BCUT2D eigenvalue weighted by atomic mass is 10.2. The number of carbonyl (C=O) groups excluding carboxylic acids is 1. The summed E-state index contributed by atoms with van der Waals surface area (Å²) in [6.07, 6.45) is 3.53. The number of ether oxygens (including phenoxy) is 2. The first kappa shape index (κ1) is 14.1. The van der Waals surface area contributed by atoms with Crippen LogP contribution in [0, 0.1) is 0 Å². The molecule has 6 heteroatoms. The fraction of sp³-hybridized carbons (Fsp3) is 0.538. The molecule has 1 fully saturated rings. The van der Waals surface area contributed by atoms with Crippen molar-refractivity contribution in [1.29, 1.82) is 0 Å². The number of nitrogens with zero attached hydrogens (tertiary/aromatic N) is 1. The zero-order valence-electron chi connectivity index (χ0n) is 10.9. The number of rotatable bonds is 4. The van der Waals surface area contributed by atoms with E-state index in [-0.39, 0.29) is 0 Å². The van der Waals surface area contributed by atoms with Crippen molar-refractivity contribution in [1.82, 2.24) is 4.98 Å². The molecule has 0 atom stereocenters. The fourth-order valence-electron chi connectivity index (χ4n) is 1.86. The van der Waals surface area contributed by atoms with Crippen LogP contribution in [0.2, 0.25) is 0 Å². The van der Waals surface area contributed by atoms with Gasteiger partial charge in [-0.25, -0.2) is 9.78 Å². The van der Waals surface area contributed by atoms with E-state index in [4.69, 9.17) is 15.2 Å². The molecule has 0 amide bonds. The first-order valence-corrected chi connectivity index (χ1v) is 7.25. The highest BCUT2D eigenvalue weighted by molar-refractivity contribution is 7.99. The smallest absolute Gasteiger partial charge is 0.340 e. The number of pyridine rings is 1. The molecule has 19 heavy (non-hydrogen) atoms. The number of hydrogen-bond donors (Lipinski definition) is 1. The van der Waals surface area contributed by atoms with Gasteiger partial charge in [0.05, 0.1) is 29.1 Å². The van der Waals surface area contributed by atoms with Gasteiger partial charge in [-0.2, -0.15) is 0 Å². The van der Waals surface area contributed by atoms with Crippen LogP contribution in [0.25, 0.3) is 0 Å². The van der Waals surface area contributed by atoms with Gasteiger partial charge in [-0.3, -0.25) is 0 Å². The number of anilines is 1. The molecular weight excluding hydrogens is 264 g/mol. The predicted molar refractivity (Wildman–Crippen MR) is 74.3 cm³/mol. The Morgan fingerprint density at radius 2 is 2.32 bits per heavy atom. The SMILES string of the molecule is CCOC(=O)c1cc(SC2CCOCC2)ncc1N. The molecule has 2 rings (SSSR count). The number of esters is 1. The summed E-state index contributed by atoms with van der Waals surface area (Å²) in [5.41, 5.74) is 6.51. The highest BCUT2D eigenvalue weighted by atomic mass is 32.2. The topological polar surface area (TPSA) is 74.4 Å². The van der Waals surface area contributed by atoms with Crippen LogP contribution >= 0.6 is 11.8 Å². The number of hydrogen-bond acceptors (Lipinski definition) is 6. The van der Waals surface area contributed by atoms with E-state index in [1.807, 2.05) is 0 Å². The Labute approximate surface area is 116 Å². The van der Waals surface area contributed by atoms with E-state index in [2.05, 4.69) is 4.98 Å². The zero-order chi connectivity index (χ0) is 13.7. The Morgan fingerprint density at radius 1 is 1.58 bits per heavy atom.